The van der Waals surface area contributed by atoms with E-state index < -0.39 is 12.4 Å². The molecular weight excluding hydrogens is 434 g/mol. The Morgan fingerprint density at radius 1 is 0.912 bits per heavy atom. The third-order valence-electron chi connectivity index (χ3n) is 5.72. The van der Waals surface area contributed by atoms with E-state index in [1.54, 1.807) is 27.4 Å². The molecule has 0 aromatic heterocycles. The van der Waals surface area contributed by atoms with Gasteiger partial charge in [0, 0.05) is 26.4 Å². The second-order valence-corrected chi connectivity index (χ2v) is 8.05. The van der Waals surface area contributed by atoms with Crippen LogP contribution in [0.4, 0.5) is 0 Å². The molecule has 0 unspecified atom stereocenters. The minimum atomic E-state index is -0.712. The van der Waals surface area contributed by atoms with Gasteiger partial charge in [-0.25, -0.2) is 0 Å². The molecule has 1 aliphatic rings. The van der Waals surface area contributed by atoms with Gasteiger partial charge in [0.25, 0.3) is 6.29 Å². The average Bonchev–Trinajstić information content (AvgIpc) is 2.84. The van der Waals surface area contributed by atoms with E-state index >= 15 is 0 Å². The van der Waals surface area contributed by atoms with Crippen molar-refractivity contribution in [2.24, 2.45) is 5.16 Å². The Hall–Kier alpha value is -2.84. The molecule has 7 heteroatoms. The zero-order chi connectivity index (χ0) is 24.5. The highest BCUT2D eigenvalue weighted by molar-refractivity contribution is 5.94. The standard InChI is InChI=1S/C27H33NO6/c1-6-32-25-24(30-4)19(3)33-27(26(25)31-5)34-28-17-22-11-9-20(10-12-22)7-8-21-13-15-23(16-14-21)18(2)29/h7-17,19,24-27H,6H2,1-5H3/b8-7+,28-17+/t19-,24-,25+,26+,27-/m0/s1. The number of ketones is 1. The molecule has 2 aromatic carbocycles. The van der Waals surface area contributed by atoms with Crippen molar-refractivity contribution in [1.82, 2.24) is 0 Å². The van der Waals surface area contributed by atoms with Crippen LogP contribution in [0.1, 0.15) is 47.8 Å². The summed E-state index contributed by atoms with van der Waals surface area (Å²) in [7, 11) is 3.22. The lowest BCUT2D eigenvalue weighted by atomic mass is 9.99. The Bertz CT molecular complexity index is 970. The summed E-state index contributed by atoms with van der Waals surface area (Å²) in [5, 5.41) is 4.12. The minimum Gasteiger partial charge on any atom is -0.376 e. The van der Waals surface area contributed by atoms with Crippen molar-refractivity contribution in [3.8, 4) is 0 Å². The summed E-state index contributed by atoms with van der Waals surface area (Å²) in [4.78, 5) is 17.0. The van der Waals surface area contributed by atoms with Crippen LogP contribution in [0.5, 0.6) is 0 Å². The van der Waals surface area contributed by atoms with Gasteiger partial charge in [-0.1, -0.05) is 65.8 Å². The summed E-state index contributed by atoms with van der Waals surface area (Å²) in [6.45, 7) is 5.93. The van der Waals surface area contributed by atoms with Gasteiger partial charge in [0.15, 0.2) is 11.9 Å². The van der Waals surface area contributed by atoms with Crippen molar-refractivity contribution in [3.63, 3.8) is 0 Å². The van der Waals surface area contributed by atoms with Crippen LogP contribution in [0.2, 0.25) is 0 Å². The lowest BCUT2D eigenvalue weighted by molar-refractivity contribution is -0.308. The minimum absolute atomic E-state index is 0.0624. The number of carbonyl (C=O) groups is 1. The highest BCUT2D eigenvalue weighted by Crippen LogP contribution is 2.28. The van der Waals surface area contributed by atoms with Crippen molar-refractivity contribution in [2.75, 3.05) is 20.8 Å². The van der Waals surface area contributed by atoms with Crippen LogP contribution in [0, 0.1) is 0 Å². The lowest BCUT2D eigenvalue weighted by Gasteiger charge is -2.42. The fourth-order valence-electron chi connectivity index (χ4n) is 3.88. The van der Waals surface area contributed by atoms with Crippen LogP contribution in [0.3, 0.4) is 0 Å². The van der Waals surface area contributed by atoms with Crippen molar-refractivity contribution in [2.45, 2.75) is 51.5 Å². The van der Waals surface area contributed by atoms with E-state index in [4.69, 9.17) is 23.8 Å². The quantitative estimate of drug-likeness (QED) is 0.220. The number of rotatable bonds is 10. The zero-order valence-corrected chi connectivity index (χ0v) is 20.3. The molecule has 5 atom stereocenters. The predicted molar refractivity (Wildman–Crippen MR) is 132 cm³/mol. The van der Waals surface area contributed by atoms with Crippen molar-refractivity contribution in [1.29, 1.82) is 0 Å². The van der Waals surface area contributed by atoms with Crippen LogP contribution < -0.4 is 0 Å². The van der Waals surface area contributed by atoms with Gasteiger partial charge in [0.2, 0.25) is 0 Å². The van der Waals surface area contributed by atoms with Gasteiger partial charge in [-0.2, -0.15) is 0 Å². The first kappa shape index (κ1) is 25.8. The Labute approximate surface area is 201 Å². The lowest BCUT2D eigenvalue weighted by Crippen LogP contribution is -2.59. The van der Waals surface area contributed by atoms with Crippen molar-refractivity contribution < 1.29 is 28.6 Å². The number of nitrogens with zero attached hydrogens (tertiary/aromatic N) is 1. The number of Topliss-reactive ketones (excluding diaryl/α,β-unsaturated/α-hetero) is 1. The molecular formula is C27H33NO6. The molecule has 1 heterocycles. The Kier molecular flexibility index (Phi) is 9.53. The number of methoxy groups -OCH3 is 2. The van der Waals surface area contributed by atoms with Crippen LogP contribution >= 0.6 is 0 Å². The molecule has 1 saturated heterocycles. The van der Waals surface area contributed by atoms with E-state index in [0.29, 0.717) is 12.2 Å². The summed E-state index contributed by atoms with van der Waals surface area (Å²) < 4.78 is 22.9. The number of benzene rings is 2. The van der Waals surface area contributed by atoms with E-state index in [-0.39, 0.29) is 24.1 Å². The van der Waals surface area contributed by atoms with Gasteiger partial charge < -0.3 is 23.8 Å². The van der Waals surface area contributed by atoms with E-state index in [2.05, 4.69) is 5.16 Å². The molecule has 0 radical (unpaired) electrons. The smallest absolute Gasteiger partial charge is 0.256 e. The predicted octanol–water partition coefficient (Wildman–Crippen LogP) is 4.59. The first-order valence-electron chi connectivity index (χ1n) is 11.4. The summed E-state index contributed by atoms with van der Waals surface area (Å²) in [5.74, 6) is 0.0624. The molecule has 7 nitrogen and oxygen atoms in total. The van der Waals surface area contributed by atoms with Gasteiger partial charge >= 0.3 is 0 Å². The molecule has 0 saturated carbocycles. The molecule has 0 bridgehead atoms. The SMILES string of the molecule is CCO[C@@H]1[C@@H](OC)[C@H](C)O[C@@H](O/N=C/c2ccc(/C=C/c3ccc(C(C)=O)cc3)cc2)[C@@H]1OC. The summed E-state index contributed by atoms with van der Waals surface area (Å²) in [6.07, 6.45) is 3.64. The summed E-state index contributed by atoms with van der Waals surface area (Å²) >= 11 is 0. The highest BCUT2D eigenvalue weighted by atomic mass is 16.8. The van der Waals surface area contributed by atoms with Crippen LogP contribution in [0.25, 0.3) is 12.2 Å². The maximum absolute atomic E-state index is 11.4. The molecule has 182 valence electrons. The summed E-state index contributed by atoms with van der Waals surface area (Å²) in [5.41, 5.74) is 3.67. The third-order valence-corrected chi connectivity index (χ3v) is 5.72. The van der Waals surface area contributed by atoms with Gasteiger partial charge in [-0.15, -0.1) is 0 Å². The molecule has 34 heavy (non-hydrogen) atoms. The molecule has 2 aromatic rings. The fourth-order valence-corrected chi connectivity index (χ4v) is 3.88. The van der Waals surface area contributed by atoms with E-state index in [1.807, 2.05) is 74.5 Å². The second-order valence-electron chi connectivity index (χ2n) is 8.05. The van der Waals surface area contributed by atoms with Crippen LogP contribution in [-0.2, 0) is 23.8 Å². The maximum atomic E-state index is 11.4. The molecule has 1 fully saturated rings. The Morgan fingerprint density at radius 2 is 1.47 bits per heavy atom. The zero-order valence-electron chi connectivity index (χ0n) is 20.3. The first-order chi connectivity index (χ1) is 16.5. The first-order valence-corrected chi connectivity index (χ1v) is 11.4. The van der Waals surface area contributed by atoms with Gasteiger partial charge in [-0.05, 0) is 37.5 Å². The molecule has 3 rings (SSSR count). The van der Waals surface area contributed by atoms with Crippen molar-refractivity contribution >= 4 is 24.1 Å². The number of ether oxygens (including phenoxy) is 4. The topological polar surface area (TPSA) is 75.6 Å². The van der Waals surface area contributed by atoms with Crippen LogP contribution in [0.15, 0.2) is 53.7 Å². The monoisotopic (exact) mass is 467 g/mol. The molecule has 0 spiro atoms. The molecule has 1 aliphatic heterocycles. The van der Waals surface area contributed by atoms with E-state index in [1.165, 1.54) is 0 Å². The normalized spacial score (nSPS) is 25.1. The number of oxime groups is 1. The number of hydrogen-bond acceptors (Lipinski definition) is 7. The van der Waals surface area contributed by atoms with Crippen LogP contribution in [-0.4, -0.2) is 63.5 Å². The average molecular weight is 468 g/mol. The molecule has 0 N–H and O–H groups in total. The molecule has 0 aliphatic carbocycles. The second kappa shape index (κ2) is 12.6. The number of hydrogen-bond donors (Lipinski definition) is 0. The van der Waals surface area contributed by atoms with Gasteiger partial charge in [0.1, 0.15) is 12.2 Å². The van der Waals surface area contributed by atoms with E-state index in [0.717, 1.165) is 16.7 Å². The van der Waals surface area contributed by atoms with Gasteiger partial charge in [-0.3, -0.25) is 4.79 Å². The Balaban J connectivity index is 1.59. The highest BCUT2D eigenvalue weighted by Gasteiger charge is 2.47. The number of carbonyl (C=O) groups excluding carboxylic acids is 1. The largest absolute Gasteiger partial charge is 0.376 e. The van der Waals surface area contributed by atoms with E-state index in [9.17, 15) is 4.79 Å². The van der Waals surface area contributed by atoms with Crippen molar-refractivity contribution in [3.05, 3.63) is 70.8 Å². The molecule has 0 amide bonds. The summed E-state index contributed by atoms with van der Waals surface area (Å²) in [6, 6.07) is 15.4. The van der Waals surface area contributed by atoms with Gasteiger partial charge in [0.05, 0.1) is 12.3 Å². The maximum Gasteiger partial charge on any atom is 0.256 e. The third kappa shape index (κ3) is 6.61. The fraction of sp³-hybridized carbons (Fsp3) is 0.407. The Morgan fingerprint density at radius 3 is 2.00 bits per heavy atom.